The molecule has 2 N–H and O–H groups in total. The first-order chi connectivity index (χ1) is 12.4. The van der Waals surface area contributed by atoms with E-state index in [1.807, 2.05) is 44.4 Å². The third kappa shape index (κ3) is 2.97. The number of amides is 1. The second-order valence-electron chi connectivity index (χ2n) is 7.15. The summed E-state index contributed by atoms with van der Waals surface area (Å²) in [6.07, 6.45) is -0.0790. The van der Waals surface area contributed by atoms with Gasteiger partial charge in [0.2, 0.25) is 0 Å². The smallest absolute Gasteiger partial charge is 0.254 e. The fraction of sp³-hybridized carbons (Fsp3) is 0.381. The number of rotatable bonds is 3. The lowest BCUT2D eigenvalue weighted by molar-refractivity contribution is -0.0612. The standard InChI is InChI=1S/C21H26N2O3/c1-15-17(10-7-11-18(15)24)20(26)23-13-12-21(22(2)3,19(25)14-23)16-8-5-4-6-9-16/h4-11,19,24-25H,12-14H2,1-3H3/t19-,21+/m1/s1. The van der Waals surface area contributed by atoms with Crippen molar-refractivity contribution in [3.63, 3.8) is 0 Å². The molecule has 0 saturated carbocycles. The Morgan fingerprint density at radius 2 is 1.85 bits per heavy atom. The number of phenolic OH excluding ortho intramolecular Hbond substituents is 1. The maximum atomic E-state index is 12.9. The van der Waals surface area contributed by atoms with Gasteiger partial charge in [-0.05, 0) is 45.1 Å². The van der Waals surface area contributed by atoms with E-state index in [9.17, 15) is 15.0 Å². The lowest BCUT2D eigenvalue weighted by Gasteiger charge is -2.49. The number of piperidine rings is 1. The highest BCUT2D eigenvalue weighted by Gasteiger charge is 2.46. The van der Waals surface area contributed by atoms with Gasteiger partial charge >= 0.3 is 0 Å². The number of benzene rings is 2. The second-order valence-corrected chi connectivity index (χ2v) is 7.15. The molecule has 0 aromatic heterocycles. The van der Waals surface area contributed by atoms with Crippen LogP contribution in [0.15, 0.2) is 48.5 Å². The molecule has 5 nitrogen and oxygen atoms in total. The van der Waals surface area contributed by atoms with Crippen LogP contribution in [0.3, 0.4) is 0 Å². The summed E-state index contributed by atoms with van der Waals surface area (Å²) in [5.74, 6) is -0.0433. The van der Waals surface area contributed by atoms with E-state index in [0.29, 0.717) is 24.1 Å². The van der Waals surface area contributed by atoms with Crippen LogP contribution in [0.1, 0.15) is 27.9 Å². The van der Waals surface area contributed by atoms with Crippen molar-refractivity contribution in [2.45, 2.75) is 25.0 Å². The molecule has 0 bridgehead atoms. The number of hydrogen-bond acceptors (Lipinski definition) is 4. The minimum absolute atomic E-state index is 0.111. The van der Waals surface area contributed by atoms with E-state index in [1.54, 1.807) is 30.0 Å². The van der Waals surface area contributed by atoms with Crippen LogP contribution in [0.5, 0.6) is 5.75 Å². The fourth-order valence-corrected chi connectivity index (χ4v) is 3.98. The van der Waals surface area contributed by atoms with E-state index in [2.05, 4.69) is 4.90 Å². The topological polar surface area (TPSA) is 64.0 Å². The number of likely N-dealkylation sites (tertiary alicyclic amines) is 1. The number of phenols is 1. The van der Waals surface area contributed by atoms with E-state index < -0.39 is 11.6 Å². The summed E-state index contributed by atoms with van der Waals surface area (Å²) in [7, 11) is 3.93. The lowest BCUT2D eigenvalue weighted by atomic mass is 9.77. The molecular weight excluding hydrogens is 328 g/mol. The van der Waals surface area contributed by atoms with Crippen molar-refractivity contribution in [2.75, 3.05) is 27.2 Å². The third-order valence-corrected chi connectivity index (χ3v) is 5.60. The van der Waals surface area contributed by atoms with Crippen LogP contribution in [0.4, 0.5) is 0 Å². The number of aliphatic hydroxyl groups is 1. The Balaban J connectivity index is 1.88. The lowest BCUT2D eigenvalue weighted by Crippen LogP contribution is -2.60. The zero-order chi connectivity index (χ0) is 18.9. The first-order valence-electron chi connectivity index (χ1n) is 8.87. The minimum atomic E-state index is -0.713. The number of aromatic hydroxyl groups is 1. The van der Waals surface area contributed by atoms with Crippen LogP contribution in [-0.4, -0.2) is 59.2 Å². The largest absolute Gasteiger partial charge is 0.508 e. The van der Waals surface area contributed by atoms with E-state index in [-0.39, 0.29) is 18.2 Å². The van der Waals surface area contributed by atoms with Gasteiger partial charge in [0.25, 0.3) is 5.91 Å². The number of likely N-dealkylation sites (N-methyl/N-ethyl adjacent to an activating group) is 1. The van der Waals surface area contributed by atoms with Crippen LogP contribution in [0.25, 0.3) is 0 Å². The molecule has 2 aromatic carbocycles. The van der Waals surface area contributed by atoms with Crippen molar-refractivity contribution in [3.05, 3.63) is 65.2 Å². The summed E-state index contributed by atoms with van der Waals surface area (Å²) in [5.41, 5.74) is 1.58. The van der Waals surface area contributed by atoms with Gasteiger partial charge in [0, 0.05) is 24.2 Å². The average molecular weight is 354 g/mol. The summed E-state index contributed by atoms with van der Waals surface area (Å²) in [5, 5.41) is 20.9. The van der Waals surface area contributed by atoms with E-state index in [4.69, 9.17) is 0 Å². The maximum Gasteiger partial charge on any atom is 0.254 e. The molecule has 0 spiro atoms. The Morgan fingerprint density at radius 1 is 1.15 bits per heavy atom. The van der Waals surface area contributed by atoms with Gasteiger partial charge in [-0.1, -0.05) is 36.4 Å². The zero-order valence-corrected chi connectivity index (χ0v) is 15.5. The molecule has 138 valence electrons. The van der Waals surface area contributed by atoms with Gasteiger partial charge in [-0.2, -0.15) is 0 Å². The molecule has 2 atom stereocenters. The normalized spacial score (nSPS) is 23.3. The molecule has 26 heavy (non-hydrogen) atoms. The number of carbonyl (C=O) groups is 1. The van der Waals surface area contributed by atoms with Crippen molar-refractivity contribution in [1.82, 2.24) is 9.80 Å². The van der Waals surface area contributed by atoms with Crippen molar-refractivity contribution in [3.8, 4) is 5.75 Å². The fourth-order valence-electron chi connectivity index (χ4n) is 3.98. The highest BCUT2D eigenvalue weighted by Crippen LogP contribution is 2.38. The van der Waals surface area contributed by atoms with Gasteiger partial charge in [0.15, 0.2) is 0 Å². The van der Waals surface area contributed by atoms with Gasteiger partial charge in [0.05, 0.1) is 11.6 Å². The average Bonchev–Trinajstić information content (AvgIpc) is 2.64. The molecule has 1 fully saturated rings. The number of aliphatic hydroxyl groups excluding tert-OH is 1. The Kier molecular flexibility index (Phi) is 5.03. The Bertz CT molecular complexity index is 791. The molecule has 0 unspecified atom stereocenters. The Labute approximate surface area is 154 Å². The monoisotopic (exact) mass is 354 g/mol. The van der Waals surface area contributed by atoms with E-state index in [0.717, 1.165) is 5.56 Å². The summed E-state index contributed by atoms with van der Waals surface area (Å²) in [4.78, 5) is 16.7. The summed E-state index contributed by atoms with van der Waals surface area (Å²) < 4.78 is 0. The number of hydrogen-bond donors (Lipinski definition) is 2. The van der Waals surface area contributed by atoms with Gasteiger partial charge in [-0.15, -0.1) is 0 Å². The Morgan fingerprint density at radius 3 is 2.46 bits per heavy atom. The molecule has 1 saturated heterocycles. The number of nitrogens with zero attached hydrogens (tertiary/aromatic N) is 2. The van der Waals surface area contributed by atoms with Crippen LogP contribution >= 0.6 is 0 Å². The predicted octanol–water partition coefficient (Wildman–Crippen LogP) is 2.36. The summed E-state index contributed by atoms with van der Waals surface area (Å²) >= 11 is 0. The molecule has 1 aliphatic heterocycles. The minimum Gasteiger partial charge on any atom is -0.508 e. The maximum absolute atomic E-state index is 12.9. The predicted molar refractivity (Wildman–Crippen MR) is 101 cm³/mol. The van der Waals surface area contributed by atoms with E-state index in [1.165, 1.54) is 0 Å². The van der Waals surface area contributed by atoms with Gasteiger partial charge in [-0.25, -0.2) is 0 Å². The van der Waals surface area contributed by atoms with Crippen LogP contribution in [0.2, 0.25) is 0 Å². The molecular formula is C21H26N2O3. The molecule has 0 aliphatic carbocycles. The van der Waals surface area contributed by atoms with Crippen LogP contribution in [0, 0.1) is 6.92 Å². The highest BCUT2D eigenvalue weighted by molar-refractivity contribution is 5.96. The molecule has 0 radical (unpaired) electrons. The van der Waals surface area contributed by atoms with Crippen molar-refractivity contribution in [2.24, 2.45) is 0 Å². The second kappa shape index (κ2) is 7.09. The molecule has 3 rings (SSSR count). The van der Waals surface area contributed by atoms with Crippen molar-refractivity contribution < 1.29 is 15.0 Å². The highest BCUT2D eigenvalue weighted by atomic mass is 16.3. The number of β-amino-alcohol motifs (C(OH)–C–C–N with tert-alkyl or cyclic N) is 1. The first kappa shape index (κ1) is 18.4. The summed E-state index contributed by atoms with van der Waals surface area (Å²) in [6.45, 7) is 2.52. The molecule has 1 amide bonds. The zero-order valence-electron chi connectivity index (χ0n) is 15.5. The Hall–Kier alpha value is -2.37. The number of carbonyl (C=O) groups excluding carboxylic acids is 1. The van der Waals surface area contributed by atoms with Gasteiger partial charge in [0.1, 0.15) is 5.75 Å². The van der Waals surface area contributed by atoms with Crippen molar-refractivity contribution in [1.29, 1.82) is 0 Å². The molecule has 2 aromatic rings. The molecule has 5 heteroatoms. The quantitative estimate of drug-likeness (QED) is 0.888. The van der Waals surface area contributed by atoms with Gasteiger partial charge in [-0.3, -0.25) is 9.69 Å². The SMILES string of the molecule is Cc1c(O)cccc1C(=O)N1CC[C@@](c2ccccc2)(N(C)C)[C@H](O)C1. The summed E-state index contributed by atoms with van der Waals surface area (Å²) in [6, 6.07) is 14.9. The van der Waals surface area contributed by atoms with E-state index >= 15 is 0 Å². The van der Waals surface area contributed by atoms with Crippen LogP contribution in [-0.2, 0) is 5.54 Å². The van der Waals surface area contributed by atoms with Crippen LogP contribution < -0.4 is 0 Å². The molecule has 1 heterocycles. The van der Waals surface area contributed by atoms with Gasteiger partial charge < -0.3 is 15.1 Å². The van der Waals surface area contributed by atoms with Crippen molar-refractivity contribution >= 4 is 5.91 Å². The molecule has 1 aliphatic rings. The third-order valence-electron chi connectivity index (χ3n) is 5.60. The first-order valence-corrected chi connectivity index (χ1v) is 8.87.